The Balaban J connectivity index is 0. The number of guanidine groups is 1. The van der Waals surface area contributed by atoms with E-state index in [1.165, 1.54) is 0 Å². The van der Waals surface area contributed by atoms with Gasteiger partial charge in [-0.2, -0.15) is 0 Å². The van der Waals surface area contributed by atoms with E-state index in [4.69, 9.17) is 4.74 Å². The van der Waals surface area contributed by atoms with Crippen LogP contribution in [0.1, 0.15) is 33.6 Å². The maximum absolute atomic E-state index is 11.2. The fourth-order valence-corrected chi connectivity index (χ4v) is 2.13. The Morgan fingerprint density at radius 1 is 1.09 bits per heavy atom. The lowest BCUT2D eigenvalue weighted by atomic mass is 10.4. The Morgan fingerprint density at radius 3 is 2.41 bits per heavy atom. The Bertz CT molecular complexity index is 377. The molecule has 0 aromatic carbocycles. The first-order valence-electron chi connectivity index (χ1n) is 7.63. The quantitative estimate of drug-likeness (QED) is 0.178. The second-order valence-corrected chi connectivity index (χ2v) is 6.48. The molecule has 0 atom stereocenters. The summed E-state index contributed by atoms with van der Waals surface area (Å²) in [6.45, 7) is 9.66. The third-order valence-electron chi connectivity index (χ3n) is 2.61. The van der Waals surface area contributed by atoms with Crippen molar-refractivity contribution in [3.63, 3.8) is 0 Å². The second-order valence-electron chi connectivity index (χ2n) is 4.39. The molecule has 0 bridgehead atoms. The van der Waals surface area contributed by atoms with Gasteiger partial charge in [0, 0.05) is 39.4 Å². The van der Waals surface area contributed by atoms with Gasteiger partial charge in [0.1, 0.15) is 0 Å². The van der Waals surface area contributed by atoms with Crippen LogP contribution in [0.25, 0.3) is 0 Å². The first-order valence-corrected chi connectivity index (χ1v) is 9.28. The van der Waals surface area contributed by atoms with Crippen molar-refractivity contribution >= 4 is 40.0 Å². The molecule has 0 heterocycles. The van der Waals surface area contributed by atoms with Gasteiger partial charge >= 0.3 is 0 Å². The van der Waals surface area contributed by atoms with E-state index in [1.54, 1.807) is 6.92 Å². The monoisotopic (exact) mass is 450 g/mol. The third kappa shape index (κ3) is 14.8. The summed E-state index contributed by atoms with van der Waals surface area (Å²) in [4.78, 5) is 4.42. The summed E-state index contributed by atoms with van der Waals surface area (Å²) in [6, 6.07) is 0. The van der Waals surface area contributed by atoms with Crippen molar-refractivity contribution in [1.29, 1.82) is 0 Å². The minimum Gasteiger partial charge on any atom is -0.382 e. The van der Waals surface area contributed by atoms with Gasteiger partial charge in [-0.1, -0.05) is 0 Å². The molecule has 0 aromatic heterocycles. The van der Waals surface area contributed by atoms with Crippen LogP contribution < -0.4 is 15.4 Å². The van der Waals surface area contributed by atoms with E-state index in [0.717, 1.165) is 32.1 Å². The van der Waals surface area contributed by atoms with Crippen LogP contribution in [-0.4, -0.2) is 59.5 Å². The van der Waals surface area contributed by atoms with Gasteiger partial charge in [0.25, 0.3) is 0 Å². The highest BCUT2D eigenvalue weighted by Gasteiger charge is 2.04. The lowest BCUT2D eigenvalue weighted by Crippen LogP contribution is -2.39. The van der Waals surface area contributed by atoms with E-state index in [-0.39, 0.29) is 29.7 Å². The number of aliphatic imine (C=N–C) groups is 1. The molecule has 0 aromatic rings. The number of hydrogen-bond donors (Lipinski definition) is 3. The highest BCUT2D eigenvalue weighted by atomic mass is 127. The zero-order valence-corrected chi connectivity index (χ0v) is 17.0. The molecule has 0 saturated heterocycles. The summed E-state index contributed by atoms with van der Waals surface area (Å²) in [7, 11) is -3.09. The molecule has 0 radical (unpaired) electrons. The molecule has 9 heteroatoms. The van der Waals surface area contributed by atoms with Crippen molar-refractivity contribution in [1.82, 2.24) is 15.4 Å². The molecule has 0 saturated carbocycles. The van der Waals surface area contributed by atoms with Crippen molar-refractivity contribution in [2.24, 2.45) is 4.99 Å². The average Bonchev–Trinajstić information content (AvgIpc) is 2.46. The molecule has 0 aliphatic rings. The van der Waals surface area contributed by atoms with Crippen molar-refractivity contribution in [2.45, 2.75) is 33.6 Å². The highest BCUT2D eigenvalue weighted by molar-refractivity contribution is 14.0. The van der Waals surface area contributed by atoms with Crippen LogP contribution in [0.15, 0.2) is 4.99 Å². The standard InChI is InChI=1S/C13H30N4O3S.HI/c1-4-14-13(16-10-8-12-20-5-2)15-9-7-11-17-21(18,19)6-3;/h17H,4-12H2,1-3H3,(H2,14,15,16);1H. The number of rotatable bonds is 12. The van der Waals surface area contributed by atoms with E-state index >= 15 is 0 Å². The molecule has 0 aliphatic heterocycles. The van der Waals surface area contributed by atoms with Crippen molar-refractivity contribution < 1.29 is 13.2 Å². The summed E-state index contributed by atoms with van der Waals surface area (Å²) in [5.41, 5.74) is 0. The number of sulfonamides is 1. The lowest BCUT2D eigenvalue weighted by molar-refractivity contribution is 0.146. The Hall–Kier alpha value is -0.130. The molecule has 7 nitrogen and oxygen atoms in total. The summed E-state index contributed by atoms with van der Waals surface area (Å²) < 4.78 is 30.3. The van der Waals surface area contributed by atoms with E-state index in [0.29, 0.717) is 26.1 Å². The van der Waals surface area contributed by atoms with Crippen molar-refractivity contribution in [3.8, 4) is 0 Å². The van der Waals surface area contributed by atoms with Crippen LogP contribution in [0.5, 0.6) is 0 Å². The van der Waals surface area contributed by atoms with Gasteiger partial charge in [-0.25, -0.2) is 13.1 Å². The molecule has 3 N–H and O–H groups in total. The van der Waals surface area contributed by atoms with Crippen molar-refractivity contribution in [3.05, 3.63) is 0 Å². The maximum atomic E-state index is 11.2. The minimum absolute atomic E-state index is 0. The van der Waals surface area contributed by atoms with Gasteiger partial charge in [-0.3, -0.25) is 4.99 Å². The van der Waals surface area contributed by atoms with E-state index in [1.807, 2.05) is 13.8 Å². The number of hydrogen-bond acceptors (Lipinski definition) is 4. The summed E-state index contributed by atoms with van der Waals surface area (Å²) in [6.07, 6.45) is 1.60. The fraction of sp³-hybridized carbons (Fsp3) is 0.923. The van der Waals surface area contributed by atoms with Crippen LogP contribution in [0, 0.1) is 0 Å². The largest absolute Gasteiger partial charge is 0.382 e. The first-order chi connectivity index (χ1) is 10.1. The van der Waals surface area contributed by atoms with Gasteiger partial charge in [0.15, 0.2) is 5.96 Å². The van der Waals surface area contributed by atoms with Crippen LogP contribution in [0.4, 0.5) is 0 Å². The van der Waals surface area contributed by atoms with Crippen LogP contribution in [-0.2, 0) is 14.8 Å². The van der Waals surface area contributed by atoms with Gasteiger partial charge < -0.3 is 15.4 Å². The highest BCUT2D eigenvalue weighted by Crippen LogP contribution is 1.86. The van der Waals surface area contributed by atoms with Crippen molar-refractivity contribution in [2.75, 3.05) is 45.1 Å². The van der Waals surface area contributed by atoms with Crippen LogP contribution in [0.2, 0.25) is 0 Å². The number of nitrogens with one attached hydrogen (secondary N) is 3. The predicted octanol–water partition coefficient (Wildman–Crippen LogP) is 0.916. The molecule has 0 rings (SSSR count). The lowest BCUT2D eigenvalue weighted by Gasteiger charge is -2.11. The summed E-state index contributed by atoms with van der Waals surface area (Å²) in [5.74, 6) is 0.872. The van der Waals surface area contributed by atoms with Gasteiger partial charge in [0.05, 0.1) is 5.75 Å². The minimum atomic E-state index is -3.09. The summed E-state index contributed by atoms with van der Waals surface area (Å²) in [5, 5.41) is 6.33. The van der Waals surface area contributed by atoms with Crippen LogP contribution >= 0.6 is 24.0 Å². The molecule has 134 valence electrons. The number of ether oxygens (including phenoxy) is 1. The first kappa shape index (κ1) is 24.1. The maximum Gasteiger partial charge on any atom is 0.211 e. The van der Waals surface area contributed by atoms with E-state index in [2.05, 4.69) is 20.3 Å². The van der Waals surface area contributed by atoms with Gasteiger partial charge in [-0.05, 0) is 33.6 Å². The Labute approximate surface area is 152 Å². The average molecular weight is 450 g/mol. The Kier molecular flexibility index (Phi) is 17.3. The SMILES string of the molecule is CCNC(=NCCCOCC)NCCCNS(=O)(=O)CC.I. The molecule has 0 spiro atoms. The second kappa shape index (κ2) is 15.8. The number of halogens is 1. The number of nitrogens with zero attached hydrogens (tertiary/aromatic N) is 1. The Morgan fingerprint density at radius 2 is 1.82 bits per heavy atom. The predicted molar refractivity (Wildman–Crippen MR) is 103 cm³/mol. The van der Waals surface area contributed by atoms with E-state index in [9.17, 15) is 8.42 Å². The third-order valence-corrected chi connectivity index (χ3v) is 4.02. The molecular formula is C13H31IN4O3S. The fourth-order valence-electron chi connectivity index (χ4n) is 1.47. The zero-order valence-electron chi connectivity index (χ0n) is 13.9. The zero-order chi connectivity index (χ0) is 16.0. The molecule has 0 aliphatic carbocycles. The molecule has 22 heavy (non-hydrogen) atoms. The topological polar surface area (TPSA) is 91.8 Å². The van der Waals surface area contributed by atoms with Gasteiger partial charge in [0.2, 0.25) is 10.0 Å². The smallest absolute Gasteiger partial charge is 0.211 e. The van der Waals surface area contributed by atoms with Crippen LogP contribution in [0.3, 0.4) is 0 Å². The molecule has 0 fully saturated rings. The molecule has 0 unspecified atom stereocenters. The molecular weight excluding hydrogens is 419 g/mol. The summed E-state index contributed by atoms with van der Waals surface area (Å²) >= 11 is 0. The normalized spacial score (nSPS) is 11.9. The molecule has 0 amide bonds. The van der Waals surface area contributed by atoms with E-state index < -0.39 is 10.0 Å². The van der Waals surface area contributed by atoms with Gasteiger partial charge in [-0.15, -0.1) is 24.0 Å².